The van der Waals surface area contributed by atoms with E-state index in [1.54, 1.807) is 21.3 Å². The van der Waals surface area contributed by atoms with Gasteiger partial charge in [0.25, 0.3) is 11.8 Å². The number of hydrogen-bond donors (Lipinski definition) is 2. The third-order valence-corrected chi connectivity index (χ3v) is 5.71. The summed E-state index contributed by atoms with van der Waals surface area (Å²) in [6.45, 7) is 0.733. The van der Waals surface area contributed by atoms with Crippen molar-refractivity contribution < 1.29 is 10.2 Å². The Labute approximate surface area is 182 Å². The van der Waals surface area contributed by atoms with Gasteiger partial charge in [-0.25, -0.2) is 0 Å². The van der Waals surface area contributed by atoms with Crippen molar-refractivity contribution in [2.45, 2.75) is 13.1 Å². The maximum Gasteiger partial charge on any atom is 0.453 e. The molecule has 2 heterocycles. The number of benzene rings is 3. The van der Waals surface area contributed by atoms with Gasteiger partial charge in [0.1, 0.15) is 0 Å². The van der Waals surface area contributed by atoms with Crippen LogP contribution in [-0.4, -0.2) is 19.3 Å². The molecular formula is C24H18N6O2+2. The molecule has 0 aliphatic heterocycles. The van der Waals surface area contributed by atoms with E-state index in [-0.39, 0.29) is 23.1 Å². The SMILES string of the molecule is N#[N+]c1c(O)n(Cc2cccc(Cn3c(O)c([N+]#N)c4ccccc43)c2)c2ccccc12. The predicted molar refractivity (Wildman–Crippen MR) is 121 cm³/mol. The molecular weight excluding hydrogens is 404 g/mol. The predicted octanol–water partition coefficient (Wildman–Crippen LogP) is 6.07. The zero-order chi connectivity index (χ0) is 22.2. The van der Waals surface area contributed by atoms with Crippen LogP contribution in [0.3, 0.4) is 0 Å². The highest BCUT2D eigenvalue weighted by Gasteiger charge is 2.27. The Kier molecular flexibility index (Phi) is 4.47. The smallest absolute Gasteiger partial charge is 0.453 e. The van der Waals surface area contributed by atoms with E-state index in [0.29, 0.717) is 23.9 Å². The highest BCUT2D eigenvalue weighted by molar-refractivity contribution is 5.97. The number of diazo groups is 2. The zero-order valence-corrected chi connectivity index (χ0v) is 16.9. The third kappa shape index (κ3) is 2.91. The Morgan fingerprint density at radius 3 is 1.50 bits per heavy atom. The molecule has 5 rings (SSSR count). The summed E-state index contributed by atoms with van der Waals surface area (Å²) in [6.07, 6.45) is 0. The van der Waals surface area contributed by atoms with E-state index in [2.05, 4.69) is 9.95 Å². The van der Waals surface area contributed by atoms with Gasteiger partial charge in [-0.2, -0.15) is 0 Å². The van der Waals surface area contributed by atoms with Crippen molar-refractivity contribution >= 4 is 33.2 Å². The van der Waals surface area contributed by atoms with Crippen LogP contribution in [0.25, 0.3) is 31.8 Å². The molecule has 0 amide bonds. The van der Waals surface area contributed by atoms with Crippen LogP contribution in [0.5, 0.6) is 11.8 Å². The van der Waals surface area contributed by atoms with E-state index in [1.807, 2.05) is 60.7 Å². The average Bonchev–Trinajstić information content (AvgIpc) is 3.24. The van der Waals surface area contributed by atoms with E-state index >= 15 is 0 Å². The minimum Gasteiger partial charge on any atom is -0.489 e. The number of fused-ring (bicyclic) bond motifs is 2. The molecule has 0 aliphatic carbocycles. The quantitative estimate of drug-likeness (QED) is 0.343. The Hall–Kier alpha value is -4.82. The summed E-state index contributed by atoms with van der Waals surface area (Å²) in [5, 5.41) is 41.2. The maximum atomic E-state index is 10.6. The molecule has 8 nitrogen and oxygen atoms in total. The minimum absolute atomic E-state index is 0.109. The molecule has 2 aromatic heterocycles. The number of rotatable bonds is 4. The Morgan fingerprint density at radius 1 is 0.625 bits per heavy atom. The van der Waals surface area contributed by atoms with Gasteiger partial charge in [-0.15, -0.1) is 0 Å². The first kappa shape index (κ1) is 19.2. The van der Waals surface area contributed by atoms with Crippen LogP contribution >= 0.6 is 0 Å². The molecule has 8 heteroatoms. The summed E-state index contributed by atoms with van der Waals surface area (Å²) in [5.41, 5.74) is 3.64. The van der Waals surface area contributed by atoms with Gasteiger partial charge in [-0.05, 0) is 35.4 Å². The molecule has 32 heavy (non-hydrogen) atoms. The van der Waals surface area contributed by atoms with Crippen LogP contribution in [0, 0.1) is 10.8 Å². The molecule has 0 aliphatic rings. The van der Waals surface area contributed by atoms with Crippen molar-refractivity contribution in [3.8, 4) is 11.8 Å². The summed E-state index contributed by atoms with van der Waals surface area (Å²) in [7, 11) is 0. The fraction of sp³-hybridized carbons (Fsp3) is 0.0833. The van der Waals surface area contributed by atoms with Crippen molar-refractivity contribution in [3.63, 3.8) is 0 Å². The Bertz CT molecular complexity index is 1470. The highest BCUT2D eigenvalue weighted by Crippen LogP contribution is 2.40. The normalized spacial score (nSPS) is 10.9. The van der Waals surface area contributed by atoms with Crippen LogP contribution in [-0.2, 0) is 13.1 Å². The summed E-state index contributed by atoms with van der Waals surface area (Å²) in [6, 6.07) is 22.4. The second kappa shape index (κ2) is 7.46. The average molecular weight is 422 g/mol. The first-order valence-corrected chi connectivity index (χ1v) is 10.0. The topological polar surface area (TPSA) is 107 Å². The monoisotopic (exact) mass is 422 g/mol. The van der Waals surface area contributed by atoms with Gasteiger partial charge in [-0.3, -0.25) is 0 Å². The Balaban J connectivity index is 1.53. The standard InChI is InChI=1S/C24H16N6O2/c25-27-21-17-8-1-3-10-19(17)29(23(21)31)13-15-6-5-7-16(12-15)14-30-20-11-4-2-9-18(20)22(28-26)24(30)32/h1-12H,13-14H2/p+2. The van der Waals surface area contributed by atoms with Crippen LogP contribution < -0.4 is 0 Å². The van der Waals surface area contributed by atoms with Crippen LogP contribution in [0.4, 0.5) is 11.4 Å². The molecule has 0 radical (unpaired) electrons. The molecule has 5 aromatic rings. The first-order chi connectivity index (χ1) is 15.6. The minimum atomic E-state index is -0.109. The lowest BCUT2D eigenvalue weighted by Gasteiger charge is -2.10. The van der Waals surface area contributed by atoms with Gasteiger partial charge < -0.3 is 19.3 Å². The highest BCUT2D eigenvalue weighted by atomic mass is 16.3. The summed E-state index contributed by atoms with van der Waals surface area (Å²) < 4.78 is 3.38. The van der Waals surface area contributed by atoms with Gasteiger partial charge >= 0.3 is 11.4 Å². The van der Waals surface area contributed by atoms with Crippen molar-refractivity contribution in [1.29, 1.82) is 10.8 Å². The van der Waals surface area contributed by atoms with Crippen molar-refractivity contribution in [1.82, 2.24) is 9.13 Å². The largest absolute Gasteiger partial charge is 0.489 e. The van der Waals surface area contributed by atoms with Crippen molar-refractivity contribution in [2.75, 3.05) is 0 Å². The maximum absolute atomic E-state index is 10.6. The molecule has 0 saturated heterocycles. The van der Waals surface area contributed by atoms with E-state index < -0.39 is 0 Å². The molecule has 0 bridgehead atoms. The van der Waals surface area contributed by atoms with Crippen LogP contribution in [0.2, 0.25) is 0 Å². The summed E-state index contributed by atoms with van der Waals surface area (Å²) >= 11 is 0. The molecule has 0 fully saturated rings. The van der Waals surface area contributed by atoms with Gasteiger partial charge in [-0.1, -0.05) is 48.5 Å². The Morgan fingerprint density at radius 2 is 1.06 bits per heavy atom. The zero-order valence-electron chi connectivity index (χ0n) is 16.9. The summed E-state index contributed by atoms with van der Waals surface area (Å²) in [4.78, 5) is 6.50. The molecule has 0 spiro atoms. The second-order valence-electron chi connectivity index (χ2n) is 7.57. The summed E-state index contributed by atoms with van der Waals surface area (Å²) in [5.74, 6) is -0.218. The van der Waals surface area contributed by atoms with E-state index in [9.17, 15) is 21.0 Å². The lowest BCUT2D eigenvalue weighted by Crippen LogP contribution is -2.02. The third-order valence-electron chi connectivity index (χ3n) is 5.71. The fourth-order valence-electron chi connectivity index (χ4n) is 4.25. The van der Waals surface area contributed by atoms with E-state index in [4.69, 9.17) is 0 Å². The van der Waals surface area contributed by atoms with E-state index in [0.717, 1.165) is 22.2 Å². The van der Waals surface area contributed by atoms with Gasteiger partial charge in [0, 0.05) is 0 Å². The number of hydrogen-bond acceptors (Lipinski definition) is 4. The molecule has 0 unspecified atom stereocenters. The first-order valence-electron chi connectivity index (χ1n) is 10.0. The van der Waals surface area contributed by atoms with Crippen LogP contribution in [0.15, 0.2) is 72.8 Å². The van der Waals surface area contributed by atoms with Crippen molar-refractivity contribution in [3.05, 3.63) is 93.9 Å². The number of nitrogens with zero attached hydrogens (tertiary/aromatic N) is 6. The number of para-hydroxylation sites is 2. The molecule has 3 aromatic carbocycles. The van der Waals surface area contributed by atoms with Crippen molar-refractivity contribution in [2.24, 2.45) is 0 Å². The molecule has 0 saturated carbocycles. The molecule has 0 atom stereocenters. The lowest BCUT2D eigenvalue weighted by molar-refractivity contribution is 0.431. The lowest BCUT2D eigenvalue weighted by atomic mass is 10.1. The van der Waals surface area contributed by atoms with Gasteiger partial charge in [0.15, 0.2) is 9.95 Å². The van der Waals surface area contributed by atoms with Gasteiger partial charge in [0.2, 0.25) is 10.8 Å². The van der Waals surface area contributed by atoms with Crippen LogP contribution in [0.1, 0.15) is 11.1 Å². The van der Waals surface area contributed by atoms with E-state index in [1.165, 1.54) is 0 Å². The number of aromatic hydroxyl groups is 2. The number of aromatic nitrogens is 2. The van der Waals surface area contributed by atoms with Gasteiger partial charge in [0.05, 0.1) is 34.9 Å². The molecule has 2 N–H and O–H groups in total. The second-order valence-corrected chi connectivity index (χ2v) is 7.57. The molecule has 154 valence electrons. The fourth-order valence-corrected chi connectivity index (χ4v) is 4.25.